The van der Waals surface area contributed by atoms with Gasteiger partial charge in [0, 0.05) is 30.7 Å². The van der Waals surface area contributed by atoms with E-state index >= 15 is 0 Å². The lowest BCUT2D eigenvalue weighted by Crippen LogP contribution is -2.65. The molecule has 1 aromatic carbocycles. The second-order valence-corrected chi connectivity index (χ2v) is 14.5. The number of amides is 1. The number of alkyl halides is 2. The SMILES string of the molecule is O=C(CNC12CC3CC(CC(O)(C3)C1)C2)N[C@H]1CC[C@H](Oc2cc(-n3c(C(F)F)nc4ccccc43)nc(N3CCOCC3)n2)CC1. The number of rotatable bonds is 9. The first kappa shape index (κ1) is 30.9. The number of fused-ring (bicyclic) bond motifs is 1. The molecular formula is C34H43F2N7O4. The van der Waals surface area contributed by atoms with Crippen LogP contribution in [-0.4, -0.2) is 86.7 Å². The smallest absolute Gasteiger partial charge is 0.296 e. The summed E-state index contributed by atoms with van der Waals surface area (Å²) < 4.78 is 41.7. The van der Waals surface area contributed by atoms with Gasteiger partial charge < -0.3 is 30.1 Å². The highest BCUT2D eigenvalue weighted by molar-refractivity contribution is 5.79. The Morgan fingerprint density at radius 3 is 2.51 bits per heavy atom. The number of para-hydroxylation sites is 2. The highest BCUT2D eigenvalue weighted by atomic mass is 19.3. The predicted molar refractivity (Wildman–Crippen MR) is 170 cm³/mol. The van der Waals surface area contributed by atoms with Crippen molar-refractivity contribution < 1.29 is 28.2 Å². The van der Waals surface area contributed by atoms with Gasteiger partial charge in [-0.1, -0.05) is 12.1 Å². The van der Waals surface area contributed by atoms with E-state index in [9.17, 15) is 18.7 Å². The second kappa shape index (κ2) is 12.2. The van der Waals surface area contributed by atoms with Gasteiger partial charge in [-0.2, -0.15) is 9.97 Å². The summed E-state index contributed by atoms with van der Waals surface area (Å²) >= 11 is 0. The molecule has 6 fully saturated rings. The number of carbonyl (C=O) groups is 1. The summed E-state index contributed by atoms with van der Waals surface area (Å²) in [7, 11) is 0. The van der Waals surface area contributed by atoms with E-state index in [0.717, 1.165) is 57.8 Å². The van der Waals surface area contributed by atoms with Crippen LogP contribution in [0.3, 0.4) is 0 Å². The van der Waals surface area contributed by atoms with Crippen molar-refractivity contribution in [3.8, 4) is 11.7 Å². The maximum atomic E-state index is 14.2. The average Bonchev–Trinajstić information content (AvgIpc) is 3.44. The molecule has 9 rings (SSSR count). The van der Waals surface area contributed by atoms with Crippen molar-refractivity contribution in [3.63, 3.8) is 0 Å². The highest BCUT2D eigenvalue weighted by Crippen LogP contribution is 2.57. The van der Waals surface area contributed by atoms with Crippen molar-refractivity contribution >= 4 is 22.9 Å². The van der Waals surface area contributed by atoms with Crippen LogP contribution in [0.1, 0.15) is 76.5 Å². The Labute approximate surface area is 272 Å². The van der Waals surface area contributed by atoms with Gasteiger partial charge in [-0.15, -0.1) is 0 Å². The molecular weight excluding hydrogens is 608 g/mol. The number of morpholine rings is 1. The van der Waals surface area contributed by atoms with Gasteiger partial charge in [0.1, 0.15) is 11.9 Å². The quantitative estimate of drug-likeness (QED) is 0.314. The summed E-state index contributed by atoms with van der Waals surface area (Å²) in [4.78, 5) is 28.6. The fraction of sp³-hybridized carbons (Fsp3) is 0.647. The number of nitrogens with one attached hydrogen (secondary N) is 2. The van der Waals surface area contributed by atoms with E-state index in [2.05, 4.69) is 15.6 Å². The molecule has 3 N–H and O–H groups in total. The molecule has 6 aliphatic rings. The Balaban J connectivity index is 0.927. The van der Waals surface area contributed by atoms with Gasteiger partial charge >= 0.3 is 0 Å². The van der Waals surface area contributed by atoms with Crippen LogP contribution >= 0.6 is 0 Å². The van der Waals surface area contributed by atoms with Crippen molar-refractivity contribution in [2.24, 2.45) is 11.8 Å². The molecule has 5 saturated carbocycles. The summed E-state index contributed by atoms with van der Waals surface area (Å²) in [5.74, 6) is 1.74. The molecule has 2 atom stereocenters. The van der Waals surface area contributed by atoms with Gasteiger partial charge in [0.25, 0.3) is 6.43 Å². The second-order valence-electron chi connectivity index (χ2n) is 14.5. The van der Waals surface area contributed by atoms with Gasteiger partial charge in [0.05, 0.1) is 36.4 Å². The highest BCUT2D eigenvalue weighted by Gasteiger charge is 2.57. The number of nitrogens with zero attached hydrogens (tertiary/aromatic N) is 5. The van der Waals surface area contributed by atoms with E-state index < -0.39 is 12.0 Å². The largest absolute Gasteiger partial charge is 0.474 e. The number of aromatic nitrogens is 4. The van der Waals surface area contributed by atoms with E-state index in [0.29, 0.717) is 61.0 Å². The molecule has 3 aromatic rings. The fourth-order valence-electron chi connectivity index (χ4n) is 9.38. The van der Waals surface area contributed by atoms with E-state index in [-0.39, 0.29) is 41.8 Å². The molecule has 0 radical (unpaired) electrons. The average molecular weight is 652 g/mol. The van der Waals surface area contributed by atoms with Crippen LogP contribution in [0, 0.1) is 11.8 Å². The topological polar surface area (TPSA) is 127 Å². The number of hydrogen-bond donors (Lipinski definition) is 3. The van der Waals surface area contributed by atoms with E-state index in [1.165, 1.54) is 11.0 Å². The van der Waals surface area contributed by atoms with Gasteiger partial charge in [-0.05, 0) is 88.2 Å². The third-order valence-electron chi connectivity index (χ3n) is 11.0. The third-order valence-corrected chi connectivity index (χ3v) is 11.0. The first-order valence-electron chi connectivity index (χ1n) is 17.1. The molecule has 1 aliphatic heterocycles. The van der Waals surface area contributed by atoms with Crippen molar-refractivity contribution in [2.45, 2.75) is 93.9 Å². The van der Waals surface area contributed by atoms with Crippen LogP contribution in [0.15, 0.2) is 30.3 Å². The van der Waals surface area contributed by atoms with Crippen LogP contribution in [0.4, 0.5) is 14.7 Å². The standard InChI is InChI=1S/C34H43F2N7O4/c35-30(36)31-39-25-3-1-2-4-26(25)43(31)27-14-29(41-32(40-27)42-9-11-46-12-10-42)47-24-7-5-23(6-8-24)38-28(44)19-37-33-15-21-13-22(16-33)18-34(45,17-21)20-33/h1-4,14,21-24,30,37,45H,5-13,15-20H2,(H,38,44)/t21?,22?,23-,24-,33?,34?. The number of hydrogen-bond acceptors (Lipinski definition) is 9. The molecule has 0 spiro atoms. The van der Waals surface area contributed by atoms with E-state index in [4.69, 9.17) is 19.4 Å². The van der Waals surface area contributed by atoms with Crippen molar-refractivity contribution in [1.29, 1.82) is 0 Å². The number of halogens is 2. The lowest BCUT2D eigenvalue weighted by molar-refractivity contribution is -0.145. The minimum atomic E-state index is -2.80. The Morgan fingerprint density at radius 1 is 1.04 bits per heavy atom. The van der Waals surface area contributed by atoms with Crippen LogP contribution in [0.25, 0.3) is 16.9 Å². The number of imidazole rings is 1. The third kappa shape index (κ3) is 6.29. The van der Waals surface area contributed by atoms with Crippen molar-refractivity contribution in [2.75, 3.05) is 37.7 Å². The monoisotopic (exact) mass is 651 g/mol. The normalized spacial score (nSPS) is 31.9. The van der Waals surface area contributed by atoms with Crippen molar-refractivity contribution in [3.05, 3.63) is 36.2 Å². The zero-order valence-electron chi connectivity index (χ0n) is 26.5. The summed E-state index contributed by atoms with van der Waals surface area (Å²) in [6.07, 6.45) is 5.94. The lowest BCUT2D eigenvalue weighted by Gasteiger charge is -2.60. The van der Waals surface area contributed by atoms with Gasteiger partial charge in [0.2, 0.25) is 17.7 Å². The lowest BCUT2D eigenvalue weighted by atomic mass is 9.51. The Kier molecular flexibility index (Phi) is 8.04. The Hall–Kier alpha value is -3.42. The zero-order chi connectivity index (χ0) is 32.2. The minimum Gasteiger partial charge on any atom is -0.474 e. The number of ether oxygens (including phenoxy) is 2. The molecule has 252 valence electrons. The van der Waals surface area contributed by atoms with Crippen molar-refractivity contribution in [1.82, 2.24) is 30.2 Å². The predicted octanol–water partition coefficient (Wildman–Crippen LogP) is 4.07. The maximum absolute atomic E-state index is 14.2. The first-order valence-corrected chi connectivity index (χ1v) is 17.1. The van der Waals surface area contributed by atoms with E-state index in [1.54, 1.807) is 30.3 Å². The summed E-state index contributed by atoms with van der Waals surface area (Å²) in [6.45, 7) is 2.48. The molecule has 1 amide bonds. The summed E-state index contributed by atoms with van der Waals surface area (Å²) in [5.41, 5.74) is 0.321. The Bertz CT molecular complexity index is 1610. The molecule has 13 heteroatoms. The molecule has 11 nitrogen and oxygen atoms in total. The number of carbonyl (C=O) groups excluding carboxylic acids is 1. The Morgan fingerprint density at radius 2 is 1.79 bits per heavy atom. The molecule has 2 aromatic heterocycles. The first-order chi connectivity index (χ1) is 22.7. The van der Waals surface area contributed by atoms with Crippen LogP contribution in [0.5, 0.6) is 5.88 Å². The minimum absolute atomic E-state index is 0.00454. The summed E-state index contributed by atoms with van der Waals surface area (Å²) in [6, 6.07) is 8.69. The zero-order valence-corrected chi connectivity index (χ0v) is 26.5. The molecule has 3 heterocycles. The number of benzene rings is 1. The fourth-order valence-corrected chi connectivity index (χ4v) is 9.38. The van der Waals surface area contributed by atoms with Gasteiger partial charge in [-0.3, -0.25) is 9.36 Å². The van der Waals surface area contributed by atoms with Crippen LogP contribution < -0.4 is 20.3 Å². The van der Waals surface area contributed by atoms with Gasteiger partial charge in [0.15, 0.2) is 5.82 Å². The molecule has 5 aliphatic carbocycles. The summed E-state index contributed by atoms with van der Waals surface area (Å²) in [5, 5.41) is 17.8. The number of aliphatic hydroxyl groups is 1. The van der Waals surface area contributed by atoms with Crippen LogP contribution in [-0.2, 0) is 9.53 Å². The molecule has 1 saturated heterocycles. The van der Waals surface area contributed by atoms with Gasteiger partial charge in [-0.25, -0.2) is 13.8 Å². The maximum Gasteiger partial charge on any atom is 0.296 e. The number of anilines is 1. The molecule has 4 bridgehead atoms. The molecule has 47 heavy (non-hydrogen) atoms. The molecule has 2 unspecified atom stereocenters. The van der Waals surface area contributed by atoms with Crippen LogP contribution in [0.2, 0.25) is 0 Å². The van der Waals surface area contributed by atoms with E-state index in [1.807, 2.05) is 4.90 Å².